The molecule has 0 N–H and O–H groups in total. The van der Waals surface area contributed by atoms with Gasteiger partial charge in [0, 0.05) is 22.4 Å². The Kier molecular flexibility index (Phi) is 5.86. The molecule has 2 aromatic carbocycles. The molecule has 1 atom stereocenters. The predicted octanol–water partition coefficient (Wildman–Crippen LogP) is 6.71. The van der Waals surface area contributed by atoms with Gasteiger partial charge in [-0.15, -0.1) is 0 Å². The Labute approximate surface area is 187 Å². The molecule has 1 unspecified atom stereocenters. The number of fused-ring (bicyclic) bond motifs is 2. The average Bonchev–Trinajstić information content (AvgIpc) is 3.15. The number of rotatable bonds is 5. The highest BCUT2D eigenvalue weighted by Gasteiger charge is 2.37. The van der Waals surface area contributed by atoms with Crippen molar-refractivity contribution in [2.45, 2.75) is 56.2 Å². The Morgan fingerprint density at radius 3 is 2.47 bits per heavy atom. The van der Waals surface area contributed by atoms with E-state index in [1.807, 2.05) is 18.2 Å². The van der Waals surface area contributed by atoms with Gasteiger partial charge in [0.2, 0.25) is 5.78 Å². The molecule has 2 heterocycles. The van der Waals surface area contributed by atoms with Gasteiger partial charge in [-0.2, -0.15) is 0 Å². The Morgan fingerprint density at radius 2 is 1.73 bits per heavy atom. The third-order valence-electron chi connectivity index (χ3n) is 6.21. The molecule has 5 heteroatoms. The van der Waals surface area contributed by atoms with Gasteiger partial charge >= 0.3 is 0 Å². The van der Waals surface area contributed by atoms with Crippen LogP contribution in [-0.2, 0) is 11.2 Å². The van der Waals surface area contributed by atoms with E-state index in [1.54, 1.807) is 41.5 Å². The molecule has 0 aromatic heterocycles. The van der Waals surface area contributed by atoms with Crippen LogP contribution >= 0.6 is 23.5 Å². The van der Waals surface area contributed by atoms with Gasteiger partial charge < -0.3 is 4.90 Å². The van der Waals surface area contributed by atoms with E-state index in [4.69, 9.17) is 0 Å². The Morgan fingerprint density at radius 1 is 1.00 bits per heavy atom. The highest BCUT2D eigenvalue weighted by atomic mass is 32.2. The summed E-state index contributed by atoms with van der Waals surface area (Å²) >= 11 is 3.11. The first-order valence-corrected chi connectivity index (χ1v) is 12.1. The van der Waals surface area contributed by atoms with Crippen LogP contribution in [0, 0.1) is 5.41 Å². The molecule has 156 valence electrons. The van der Waals surface area contributed by atoms with Crippen molar-refractivity contribution in [1.29, 1.82) is 0 Å². The van der Waals surface area contributed by atoms with E-state index in [-0.39, 0.29) is 11.7 Å². The molecule has 0 saturated heterocycles. The molecule has 30 heavy (non-hydrogen) atoms. The van der Waals surface area contributed by atoms with Crippen molar-refractivity contribution >= 4 is 40.9 Å². The molecule has 1 amide bonds. The first-order valence-electron chi connectivity index (χ1n) is 10.5. The number of para-hydroxylation sites is 1. The minimum atomic E-state index is -0.219. The highest BCUT2D eigenvalue weighted by molar-refractivity contribution is 8.24. The van der Waals surface area contributed by atoms with Gasteiger partial charge in [0.15, 0.2) is 0 Å². The SMILES string of the molecule is CCCC(C)(CC)Cc1ccc2c(c1)S/C(=C1/C(=O)c3ccccc3N(C)C1=O)S2. The molecule has 0 bridgehead atoms. The van der Waals surface area contributed by atoms with Crippen molar-refractivity contribution < 1.29 is 9.59 Å². The highest BCUT2D eigenvalue weighted by Crippen LogP contribution is 2.54. The molecule has 0 radical (unpaired) electrons. The smallest absolute Gasteiger partial charge is 0.263 e. The molecule has 0 spiro atoms. The van der Waals surface area contributed by atoms with Crippen LogP contribution in [0.15, 0.2) is 62.1 Å². The number of benzene rings is 2. The first-order chi connectivity index (χ1) is 14.4. The second-order valence-electron chi connectivity index (χ2n) is 8.45. The molecular formula is C25H27NO2S2. The van der Waals surface area contributed by atoms with Gasteiger partial charge in [-0.25, -0.2) is 0 Å². The summed E-state index contributed by atoms with van der Waals surface area (Å²) < 4.78 is 0.797. The maximum absolute atomic E-state index is 13.1. The quantitative estimate of drug-likeness (QED) is 0.385. The Bertz CT molecular complexity index is 1060. The van der Waals surface area contributed by atoms with Gasteiger partial charge in [-0.3, -0.25) is 9.59 Å². The summed E-state index contributed by atoms with van der Waals surface area (Å²) in [6, 6.07) is 13.9. The van der Waals surface area contributed by atoms with Crippen LogP contribution in [0.1, 0.15) is 56.0 Å². The topological polar surface area (TPSA) is 37.4 Å². The summed E-state index contributed by atoms with van der Waals surface area (Å²) in [5.41, 5.74) is 3.21. The van der Waals surface area contributed by atoms with E-state index in [9.17, 15) is 9.59 Å². The maximum atomic E-state index is 13.1. The number of likely N-dealkylation sites (N-methyl/N-ethyl adjacent to an activating group) is 1. The predicted molar refractivity (Wildman–Crippen MR) is 126 cm³/mol. The number of hydrogen-bond donors (Lipinski definition) is 0. The monoisotopic (exact) mass is 437 g/mol. The zero-order valence-electron chi connectivity index (χ0n) is 18.0. The Balaban J connectivity index is 1.65. The van der Waals surface area contributed by atoms with Crippen molar-refractivity contribution in [2.24, 2.45) is 5.41 Å². The van der Waals surface area contributed by atoms with Crippen molar-refractivity contribution in [3.05, 3.63) is 63.4 Å². The van der Waals surface area contributed by atoms with E-state index in [1.165, 1.54) is 18.4 Å². The molecule has 0 saturated carbocycles. The van der Waals surface area contributed by atoms with Gasteiger partial charge in [0.1, 0.15) is 5.57 Å². The minimum absolute atomic E-state index is 0.168. The van der Waals surface area contributed by atoms with Crippen LogP contribution < -0.4 is 4.90 Å². The van der Waals surface area contributed by atoms with Gasteiger partial charge in [-0.05, 0) is 48.1 Å². The Hall–Kier alpha value is -1.98. The fraction of sp³-hybridized carbons (Fsp3) is 0.360. The van der Waals surface area contributed by atoms with E-state index < -0.39 is 0 Å². The van der Waals surface area contributed by atoms with Crippen molar-refractivity contribution in [3.8, 4) is 0 Å². The number of thioether (sulfide) groups is 2. The number of amides is 1. The van der Waals surface area contributed by atoms with E-state index in [2.05, 4.69) is 39.0 Å². The molecule has 4 rings (SSSR count). The van der Waals surface area contributed by atoms with Crippen LogP contribution in [0.4, 0.5) is 5.69 Å². The molecule has 2 aliphatic rings. The second-order valence-corrected chi connectivity index (χ2v) is 10.8. The third-order valence-corrected chi connectivity index (χ3v) is 8.75. The number of hydrogen-bond acceptors (Lipinski definition) is 4. The van der Waals surface area contributed by atoms with Crippen LogP contribution in [0.2, 0.25) is 0 Å². The van der Waals surface area contributed by atoms with E-state index in [0.717, 1.165) is 26.9 Å². The van der Waals surface area contributed by atoms with Gasteiger partial charge in [-0.1, -0.05) is 75.3 Å². The number of carbonyl (C=O) groups excluding carboxylic acids is 2. The minimum Gasteiger partial charge on any atom is -0.311 e. The van der Waals surface area contributed by atoms with Crippen molar-refractivity contribution in [2.75, 3.05) is 11.9 Å². The van der Waals surface area contributed by atoms with Crippen LogP contribution in [0.3, 0.4) is 0 Å². The fourth-order valence-corrected chi connectivity index (χ4v) is 6.88. The molecule has 3 nitrogen and oxygen atoms in total. The standard InChI is InChI=1S/C25H27NO2S2/c1-5-13-25(3,6-2)15-16-11-12-19-20(14-16)30-24(29-19)21-22(27)17-9-7-8-10-18(17)26(4)23(21)28/h7-12,14H,5-6,13,15H2,1-4H3/b24-21-. The van der Waals surface area contributed by atoms with Gasteiger partial charge in [0.25, 0.3) is 5.91 Å². The molecule has 2 aromatic rings. The summed E-state index contributed by atoms with van der Waals surface area (Å²) in [6.07, 6.45) is 4.61. The first kappa shape index (κ1) is 21.3. The molecule has 0 fully saturated rings. The molecule has 2 aliphatic heterocycles. The summed E-state index contributed by atoms with van der Waals surface area (Å²) in [5, 5.41) is 0. The van der Waals surface area contributed by atoms with Gasteiger partial charge in [0.05, 0.1) is 9.92 Å². The second kappa shape index (κ2) is 8.27. The lowest BCUT2D eigenvalue weighted by atomic mass is 9.78. The normalized spacial score (nSPS) is 20.2. The number of anilines is 1. The van der Waals surface area contributed by atoms with Crippen LogP contribution in [0.25, 0.3) is 0 Å². The molecular weight excluding hydrogens is 410 g/mol. The summed E-state index contributed by atoms with van der Waals surface area (Å²) in [6.45, 7) is 6.88. The maximum Gasteiger partial charge on any atom is 0.263 e. The summed E-state index contributed by atoms with van der Waals surface area (Å²) in [7, 11) is 1.74. The summed E-state index contributed by atoms with van der Waals surface area (Å²) in [4.78, 5) is 30.0. The number of ketones is 1. The lowest BCUT2D eigenvalue weighted by molar-refractivity contribution is -0.114. The van der Waals surface area contributed by atoms with E-state index in [0.29, 0.717) is 22.2 Å². The summed E-state index contributed by atoms with van der Waals surface area (Å²) in [5.74, 6) is -0.388. The molecule has 0 aliphatic carbocycles. The number of Topliss-reactive ketones (excluding diaryl/α,β-unsaturated/α-hetero) is 1. The van der Waals surface area contributed by atoms with E-state index >= 15 is 0 Å². The zero-order chi connectivity index (χ0) is 21.5. The zero-order valence-corrected chi connectivity index (χ0v) is 19.6. The third kappa shape index (κ3) is 3.74. The van der Waals surface area contributed by atoms with Crippen LogP contribution in [-0.4, -0.2) is 18.7 Å². The average molecular weight is 438 g/mol. The van der Waals surface area contributed by atoms with Crippen LogP contribution in [0.5, 0.6) is 0 Å². The van der Waals surface area contributed by atoms with Crippen molar-refractivity contribution in [3.63, 3.8) is 0 Å². The largest absolute Gasteiger partial charge is 0.311 e. The fourth-order valence-electron chi connectivity index (χ4n) is 4.28. The number of nitrogens with zero attached hydrogens (tertiary/aromatic N) is 1. The lowest BCUT2D eigenvalue weighted by Crippen LogP contribution is -2.37. The van der Waals surface area contributed by atoms with Crippen molar-refractivity contribution in [1.82, 2.24) is 0 Å². The number of carbonyl (C=O) groups is 2. The lowest BCUT2D eigenvalue weighted by Gasteiger charge is -2.28.